The number of amides is 1. The number of hydrogen-bond acceptors (Lipinski definition) is 5. The minimum Gasteiger partial charge on any atom is -0.392 e. The molecule has 3 rings (SSSR count). The van der Waals surface area contributed by atoms with Gasteiger partial charge in [0, 0.05) is 32.7 Å². The molecular formula is C18H24FN5O2. The van der Waals surface area contributed by atoms with Crippen LogP contribution in [0.1, 0.15) is 29.5 Å². The van der Waals surface area contributed by atoms with Gasteiger partial charge in [-0.25, -0.2) is 9.07 Å². The Bertz CT molecular complexity index is 753. The number of carbonyl (C=O) groups is 1. The van der Waals surface area contributed by atoms with Gasteiger partial charge in [-0.05, 0) is 37.6 Å². The lowest BCUT2D eigenvalue weighted by molar-refractivity contribution is 0.0518. The van der Waals surface area contributed by atoms with E-state index in [4.69, 9.17) is 0 Å². The molecular weight excluding hydrogens is 337 g/mol. The number of aliphatic hydroxyl groups is 1. The van der Waals surface area contributed by atoms with Gasteiger partial charge in [0.2, 0.25) is 0 Å². The lowest BCUT2D eigenvalue weighted by Crippen LogP contribution is -2.50. The van der Waals surface area contributed by atoms with Crippen LogP contribution in [0.3, 0.4) is 0 Å². The van der Waals surface area contributed by atoms with Crippen molar-refractivity contribution in [3.63, 3.8) is 0 Å². The molecule has 1 aromatic heterocycles. The van der Waals surface area contributed by atoms with E-state index in [0.717, 1.165) is 19.5 Å². The Morgan fingerprint density at radius 2 is 1.88 bits per heavy atom. The molecule has 1 amide bonds. The van der Waals surface area contributed by atoms with Crippen LogP contribution < -0.4 is 0 Å². The molecule has 1 saturated heterocycles. The first-order valence-electron chi connectivity index (χ1n) is 8.87. The monoisotopic (exact) mass is 361 g/mol. The van der Waals surface area contributed by atoms with Crippen LogP contribution >= 0.6 is 0 Å². The minimum atomic E-state index is -0.325. The standard InChI is InChI=1S/C18H24FN5O2/c1-3-16(25)12-22-8-10-23(11-9-22)18(26)17-13(2)24(21-20-17)15-6-4-14(19)5-7-15/h4-7,16,25H,3,8-12H2,1-2H3. The number of aromatic nitrogens is 3. The largest absolute Gasteiger partial charge is 0.392 e. The molecule has 26 heavy (non-hydrogen) atoms. The lowest BCUT2D eigenvalue weighted by Gasteiger charge is -2.35. The van der Waals surface area contributed by atoms with Gasteiger partial charge in [-0.1, -0.05) is 12.1 Å². The predicted octanol–water partition coefficient (Wildman–Crippen LogP) is 1.24. The summed E-state index contributed by atoms with van der Waals surface area (Å²) in [6, 6.07) is 5.90. The highest BCUT2D eigenvalue weighted by atomic mass is 19.1. The molecule has 1 aliphatic heterocycles. The third-order valence-corrected chi connectivity index (χ3v) is 4.77. The van der Waals surface area contributed by atoms with E-state index in [0.29, 0.717) is 36.7 Å². The number of piperazine rings is 1. The molecule has 1 N–H and O–H groups in total. The Morgan fingerprint density at radius 3 is 2.50 bits per heavy atom. The Labute approximate surface area is 152 Å². The second-order valence-corrected chi connectivity index (χ2v) is 6.57. The summed E-state index contributed by atoms with van der Waals surface area (Å²) in [7, 11) is 0. The van der Waals surface area contributed by atoms with E-state index in [1.807, 2.05) is 6.92 Å². The van der Waals surface area contributed by atoms with Crippen LogP contribution in [0.25, 0.3) is 5.69 Å². The first kappa shape index (κ1) is 18.5. The van der Waals surface area contributed by atoms with Gasteiger partial charge in [0.25, 0.3) is 5.91 Å². The molecule has 0 bridgehead atoms. The third kappa shape index (κ3) is 3.91. The Morgan fingerprint density at radius 1 is 1.23 bits per heavy atom. The molecule has 2 heterocycles. The fourth-order valence-corrected chi connectivity index (χ4v) is 3.06. The molecule has 0 spiro atoms. The highest BCUT2D eigenvalue weighted by molar-refractivity contribution is 5.93. The SMILES string of the molecule is CCC(O)CN1CCN(C(=O)c2nnn(-c3ccc(F)cc3)c2C)CC1. The molecule has 1 fully saturated rings. The summed E-state index contributed by atoms with van der Waals surface area (Å²) < 4.78 is 14.6. The summed E-state index contributed by atoms with van der Waals surface area (Å²) in [5.74, 6) is -0.472. The number of hydrogen-bond donors (Lipinski definition) is 1. The van der Waals surface area contributed by atoms with Crippen LogP contribution in [0, 0.1) is 12.7 Å². The Kier molecular flexibility index (Phi) is 5.63. The number of aliphatic hydroxyl groups excluding tert-OH is 1. The normalized spacial score (nSPS) is 16.7. The van der Waals surface area contributed by atoms with Crippen molar-refractivity contribution in [1.82, 2.24) is 24.8 Å². The molecule has 0 aliphatic carbocycles. The molecule has 1 aromatic carbocycles. The van der Waals surface area contributed by atoms with Gasteiger partial charge < -0.3 is 10.0 Å². The topological polar surface area (TPSA) is 74.5 Å². The van der Waals surface area contributed by atoms with E-state index in [2.05, 4.69) is 15.2 Å². The molecule has 1 aliphatic rings. The summed E-state index contributed by atoms with van der Waals surface area (Å²) >= 11 is 0. The summed E-state index contributed by atoms with van der Waals surface area (Å²) in [6.45, 7) is 7.03. The predicted molar refractivity (Wildman–Crippen MR) is 94.7 cm³/mol. The maximum absolute atomic E-state index is 13.1. The summed E-state index contributed by atoms with van der Waals surface area (Å²) in [5, 5.41) is 17.9. The van der Waals surface area contributed by atoms with Crippen molar-refractivity contribution in [2.45, 2.75) is 26.4 Å². The van der Waals surface area contributed by atoms with Crippen molar-refractivity contribution in [1.29, 1.82) is 0 Å². The molecule has 140 valence electrons. The Balaban J connectivity index is 1.67. The smallest absolute Gasteiger partial charge is 0.276 e. The van der Waals surface area contributed by atoms with Crippen molar-refractivity contribution in [3.8, 4) is 5.69 Å². The van der Waals surface area contributed by atoms with Crippen LogP contribution in [-0.2, 0) is 0 Å². The van der Waals surface area contributed by atoms with E-state index in [1.54, 1.807) is 28.6 Å². The van der Waals surface area contributed by atoms with E-state index in [1.165, 1.54) is 12.1 Å². The van der Waals surface area contributed by atoms with E-state index >= 15 is 0 Å². The van der Waals surface area contributed by atoms with Crippen molar-refractivity contribution >= 4 is 5.91 Å². The average molecular weight is 361 g/mol. The maximum Gasteiger partial charge on any atom is 0.276 e. The molecule has 7 nitrogen and oxygen atoms in total. The first-order valence-corrected chi connectivity index (χ1v) is 8.87. The number of β-amino-alcohol motifs (C(OH)–C–C–N with tert-alkyl or cyclic N) is 1. The van der Waals surface area contributed by atoms with E-state index in [9.17, 15) is 14.3 Å². The average Bonchev–Trinajstić information content (AvgIpc) is 3.03. The molecule has 0 saturated carbocycles. The molecule has 8 heteroatoms. The lowest BCUT2D eigenvalue weighted by atomic mass is 10.2. The van der Waals surface area contributed by atoms with Gasteiger partial charge in [0.05, 0.1) is 17.5 Å². The van der Waals surface area contributed by atoms with Gasteiger partial charge in [-0.2, -0.15) is 0 Å². The fourth-order valence-electron chi connectivity index (χ4n) is 3.06. The third-order valence-electron chi connectivity index (χ3n) is 4.77. The molecule has 0 radical (unpaired) electrons. The molecule has 2 aromatic rings. The van der Waals surface area contributed by atoms with Crippen LogP contribution in [-0.4, -0.2) is 74.6 Å². The summed E-state index contributed by atoms with van der Waals surface area (Å²) in [5.41, 5.74) is 1.61. The van der Waals surface area contributed by atoms with Gasteiger partial charge in [-0.15, -0.1) is 5.10 Å². The number of halogens is 1. The minimum absolute atomic E-state index is 0.147. The van der Waals surface area contributed by atoms with E-state index in [-0.39, 0.29) is 17.8 Å². The van der Waals surface area contributed by atoms with Crippen LogP contribution in [0.4, 0.5) is 4.39 Å². The maximum atomic E-state index is 13.1. The van der Waals surface area contributed by atoms with Crippen molar-refractivity contribution < 1.29 is 14.3 Å². The van der Waals surface area contributed by atoms with Gasteiger partial charge in [-0.3, -0.25) is 9.69 Å². The van der Waals surface area contributed by atoms with E-state index < -0.39 is 0 Å². The van der Waals surface area contributed by atoms with Crippen LogP contribution in [0.2, 0.25) is 0 Å². The Hall–Kier alpha value is -2.32. The van der Waals surface area contributed by atoms with Crippen molar-refractivity contribution in [3.05, 3.63) is 41.5 Å². The zero-order valence-corrected chi connectivity index (χ0v) is 15.1. The number of benzene rings is 1. The molecule has 1 unspecified atom stereocenters. The highest BCUT2D eigenvalue weighted by Gasteiger charge is 2.27. The number of rotatable bonds is 5. The number of nitrogens with zero attached hydrogens (tertiary/aromatic N) is 5. The van der Waals surface area contributed by atoms with Gasteiger partial charge in [0.15, 0.2) is 5.69 Å². The summed E-state index contributed by atoms with van der Waals surface area (Å²) in [6.07, 6.45) is 0.403. The summed E-state index contributed by atoms with van der Waals surface area (Å²) in [4.78, 5) is 16.7. The van der Waals surface area contributed by atoms with Crippen molar-refractivity contribution in [2.75, 3.05) is 32.7 Å². The van der Waals surface area contributed by atoms with Gasteiger partial charge >= 0.3 is 0 Å². The molecule has 1 atom stereocenters. The zero-order chi connectivity index (χ0) is 18.7. The zero-order valence-electron chi connectivity index (χ0n) is 15.1. The second kappa shape index (κ2) is 7.92. The first-order chi connectivity index (χ1) is 12.5. The van der Waals surface area contributed by atoms with Gasteiger partial charge in [0.1, 0.15) is 5.82 Å². The van der Waals surface area contributed by atoms with Crippen LogP contribution in [0.15, 0.2) is 24.3 Å². The van der Waals surface area contributed by atoms with Crippen molar-refractivity contribution in [2.24, 2.45) is 0 Å². The number of carbonyl (C=O) groups excluding carboxylic acids is 1. The second-order valence-electron chi connectivity index (χ2n) is 6.57. The van der Waals surface area contributed by atoms with Crippen LogP contribution in [0.5, 0.6) is 0 Å². The highest BCUT2D eigenvalue weighted by Crippen LogP contribution is 2.15. The quantitative estimate of drug-likeness (QED) is 0.867. The fraction of sp³-hybridized carbons (Fsp3) is 0.500.